The molecule has 2 heteroatoms. The van der Waals surface area contributed by atoms with Crippen LogP contribution >= 0.6 is 11.8 Å². The second kappa shape index (κ2) is 8.23. The highest BCUT2D eigenvalue weighted by molar-refractivity contribution is 8.03. The normalized spacial score (nSPS) is 15.3. The number of rotatable bonds is 9. The maximum atomic E-state index is 3.83. The molecule has 15 heavy (non-hydrogen) atoms. The van der Waals surface area contributed by atoms with Crippen LogP contribution in [0.2, 0.25) is 0 Å². The SMILES string of the molecule is C=CSC(C)(CC)CN(CC)CCCC. The van der Waals surface area contributed by atoms with Crippen LogP contribution < -0.4 is 0 Å². The molecular weight excluding hydrogens is 202 g/mol. The van der Waals surface area contributed by atoms with E-state index in [-0.39, 0.29) is 0 Å². The number of nitrogens with zero attached hydrogens (tertiary/aromatic N) is 1. The average Bonchev–Trinajstić information content (AvgIpc) is 2.24. The van der Waals surface area contributed by atoms with E-state index in [1.807, 2.05) is 17.2 Å². The summed E-state index contributed by atoms with van der Waals surface area (Å²) in [6, 6.07) is 0. The van der Waals surface area contributed by atoms with Crippen molar-refractivity contribution in [2.75, 3.05) is 19.6 Å². The Balaban J connectivity index is 4.15. The Labute approximate surface area is 100 Å². The van der Waals surface area contributed by atoms with Crippen LogP contribution in [0.4, 0.5) is 0 Å². The first-order valence-corrected chi connectivity index (χ1v) is 7.00. The van der Waals surface area contributed by atoms with Crippen molar-refractivity contribution in [1.82, 2.24) is 4.90 Å². The molecule has 1 unspecified atom stereocenters. The Morgan fingerprint density at radius 2 is 2.00 bits per heavy atom. The highest BCUT2D eigenvalue weighted by Crippen LogP contribution is 2.30. The summed E-state index contributed by atoms with van der Waals surface area (Å²) in [5.41, 5.74) is 0. The van der Waals surface area contributed by atoms with E-state index in [0.717, 1.165) is 6.54 Å². The Hall–Kier alpha value is 0.0500. The van der Waals surface area contributed by atoms with Crippen molar-refractivity contribution < 1.29 is 0 Å². The molecular formula is C13H27NS. The van der Waals surface area contributed by atoms with Crippen molar-refractivity contribution in [3.05, 3.63) is 12.0 Å². The quantitative estimate of drug-likeness (QED) is 0.584. The topological polar surface area (TPSA) is 3.24 Å². The fourth-order valence-electron chi connectivity index (χ4n) is 1.64. The summed E-state index contributed by atoms with van der Waals surface area (Å²) < 4.78 is 0.339. The van der Waals surface area contributed by atoms with E-state index in [1.165, 1.54) is 32.4 Å². The van der Waals surface area contributed by atoms with Gasteiger partial charge in [-0.1, -0.05) is 33.8 Å². The molecule has 0 aliphatic heterocycles. The third-order valence-electron chi connectivity index (χ3n) is 2.95. The molecule has 0 aliphatic rings. The predicted octanol–water partition coefficient (Wildman–Crippen LogP) is 4.15. The first-order chi connectivity index (χ1) is 7.11. The maximum absolute atomic E-state index is 3.83. The van der Waals surface area contributed by atoms with E-state index in [4.69, 9.17) is 0 Å². The van der Waals surface area contributed by atoms with Crippen LogP contribution in [-0.4, -0.2) is 29.3 Å². The molecule has 0 heterocycles. The van der Waals surface area contributed by atoms with Gasteiger partial charge in [0, 0.05) is 11.3 Å². The van der Waals surface area contributed by atoms with Gasteiger partial charge in [-0.15, -0.1) is 11.8 Å². The summed E-state index contributed by atoms with van der Waals surface area (Å²) in [5.74, 6) is 0. The lowest BCUT2D eigenvalue weighted by Gasteiger charge is -2.33. The zero-order valence-electron chi connectivity index (χ0n) is 10.9. The minimum Gasteiger partial charge on any atom is -0.302 e. The molecule has 0 aromatic rings. The zero-order valence-corrected chi connectivity index (χ0v) is 11.7. The molecule has 0 rings (SSSR count). The molecule has 1 nitrogen and oxygen atoms in total. The van der Waals surface area contributed by atoms with Gasteiger partial charge in [-0.2, -0.15) is 0 Å². The van der Waals surface area contributed by atoms with E-state index >= 15 is 0 Å². The first kappa shape index (κ1) is 15.0. The largest absolute Gasteiger partial charge is 0.302 e. The molecule has 0 spiro atoms. The van der Waals surface area contributed by atoms with E-state index in [2.05, 4.69) is 39.2 Å². The van der Waals surface area contributed by atoms with Gasteiger partial charge in [-0.25, -0.2) is 0 Å². The second-order valence-electron chi connectivity index (χ2n) is 4.31. The molecule has 0 fully saturated rings. The van der Waals surface area contributed by atoms with Crippen molar-refractivity contribution >= 4 is 11.8 Å². The molecule has 1 atom stereocenters. The van der Waals surface area contributed by atoms with Gasteiger partial charge in [0.1, 0.15) is 0 Å². The lowest BCUT2D eigenvalue weighted by molar-refractivity contribution is 0.256. The van der Waals surface area contributed by atoms with Crippen molar-refractivity contribution in [1.29, 1.82) is 0 Å². The van der Waals surface area contributed by atoms with Crippen molar-refractivity contribution in [3.63, 3.8) is 0 Å². The number of unbranched alkanes of at least 4 members (excludes halogenated alkanes) is 1. The Kier molecular flexibility index (Phi) is 8.26. The standard InChI is InChI=1S/C13H27NS/c1-6-10-11-14(8-3)12-13(5,7-2)15-9-4/h9H,4,6-8,10-12H2,1-3,5H3. The Bertz CT molecular complexity index is 170. The van der Waals surface area contributed by atoms with Crippen LogP contribution in [0.15, 0.2) is 12.0 Å². The third-order valence-corrected chi connectivity index (χ3v) is 4.10. The summed E-state index contributed by atoms with van der Waals surface area (Å²) in [5, 5.41) is 1.98. The van der Waals surface area contributed by atoms with Gasteiger partial charge < -0.3 is 4.90 Å². The van der Waals surface area contributed by atoms with Crippen molar-refractivity contribution in [2.45, 2.75) is 51.7 Å². The van der Waals surface area contributed by atoms with E-state index in [0.29, 0.717) is 4.75 Å². The lowest BCUT2D eigenvalue weighted by atomic mass is 10.1. The summed E-state index contributed by atoms with van der Waals surface area (Å²) in [7, 11) is 0. The van der Waals surface area contributed by atoms with Crippen molar-refractivity contribution in [2.24, 2.45) is 0 Å². The van der Waals surface area contributed by atoms with E-state index in [9.17, 15) is 0 Å². The molecule has 0 bridgehead atoms. The fraction of sp³-hybridized carbons (Fsp3) is 0.846. The minimum absolute atomic E-state index is 0.339. The average molecular weight is 229 g/mol. The van der Waals surface area contributed by atoms with Crippen LogP contribution in [0.1, 0.15) is 47.0 Å². The molecule has 0 saturated carbocycles. The third kappa shape index (κ3) is 6.26. The summed E-state index contributed by atoms with van der Waals surface area (Å²) >= 11 is 1.88. The molecule has 0 aromatic carbocycles. The summed E-state index contributed by atoms with van der Waals surface area (Å²) in [4.78, 5) is 2.56. The smallest absolute Gasteiger partial charge is 0.0297 e. The van der Waals surface area contributed by atoms with Gasteiger partial charge in [-0.3, -0.25) is 0 Å². The van der Waals surface area contributed by atoms with Crippen LogP contribution in [0.5, 0.6) is 0 Å². The molecule has 0 saturated heterocycles. The molecule has 0 radical (unpaired) electrons. The monoisotopic (exact) mass is 229 g/mol. The van der Waals surface area contributed by atoms with Crippen LogP contribution in [-0.2, 0) is 0 Å². The Morgan fingerprint density at radius 3 is 2.40 bits per heavy atom. The molecule has 0 N–H and O–H groups in total. The van der Waals surface area contributed by atoms with E-state index < -0.39 is 0 Å². The van der Waals surface area contributed by atoms with E-state index in [1.54, 1.807) is 0 Å². The molecule has 0 amide bonds. The van der Waals surface area contributed by atoms with Gasteiger partial charge in [-0.05, 0) is 38.3 Å². The predicted molar refractivity (Wildman–Crippen MR) is 73.5 cm³/mol. The number of hydrogen-bond donors (Lipinski definition) is 0. The first-order valence-electron chi connectivity index (χ1n) is 6.13. The van der Waals surface area contributed by atoms with Crippen LogP contribution in [0.25, 0.3) is 0 Å². The number of thioether (sulfide) groups is 1. The van der Waals surface area contributed by atoms with Crippen LogP contribution in [0.3, 0.4) is 0 Å². The summed E-state index contributed by atoms with van der Waals surface area (Å²) in [6.07, 6.45) is 3.80. The molecule has 0 aromatic heterocycles. The minimum atomic E-state index is 0.339. The van der Waals surface area contributed by atoms with Crippen LogP contribution in [0, 0.1) is 0 Å². The molecule has 0 aliphatic carbocycles. The Morgan fingerprint density at radius 1 is 1.33 bits per heavy atom. The zero-order chi connectivity index (χ0) is 11.7. The van der Waals surface area contributed by atoms with Gasteiger partial charge in [0.15, 0.2) is 0 Å². The second-order valence-corrected chi connectivity index (χ2v) is 5.86. The van der Waals surface area contributed by atoms with Gasteiger partial charge in [0.05, 0.1) is 0 Å². The highest BCUT2D eigenvalue weighted by atomic mass is 32.2. The van der Waals surface area contributed by atoms with Gasteiger partial charge >= 0.3 is 0 Å². The highest BCUT2D eigenvalue weighted by Gasteiger charge is 2.23. The van der Waals surface area contributed by atoms with Crippen molar-refractivity contribution in [3.8, 4) is 0 Å². The van der Waals surface area contributed by atoms with Gasteiger partial charge in [0.25, 0.3) is 0 Å². The lowest BCUT2D eigenvalue weighted by Crippen LogP contribution is -2.38. The van der Waals surface area contributed by atoms with Gasteiger partial charge in [0.2, 0.25) is 0 Å². The number of hydrogen-bond acceptors (Lipinski definition) is 2. The molecule has 90 valence electrons. The maximum Gasteiger partial charge on any atom is 0.0297 e. The summed E-state index contributed by atoms with van der Waals surface area (Å²) in [6.45, 7) is 16.5. The fourth-order valence-corrected chi connectivity index (χ4v) is 2.46.